The van der Waals surface area contributed by atoms with Gasteiger partial charge in [-0.1, -0.05) is 126 Å². The summed E-state index contributed by atoms with van der Waals surface area (Å²) in [6, 6.07) is 11.2. The van der Waals surface area contributed by atoms with Crippen molar-refractivity contribution in [3.63, 3.8) is 0 Å². The SMILES string of the molecule is CCCC(C)c1ccc(C(C)CCC)c(C=C(O)C(=O)c2cc(C(C)CCC)cc(C(C)CCC)c2C(C)CCC)c1. The molecule has 0 saturated carbocycles. The second-order valence-electron chi connectivity index (χ2n) is 13.3. The maximum absolute atomic E-state index is 14.4. The number of carbonyl (C=O) groups is 1. The van der Waals surface area contributed by atoms with E-state index in [1.807, 2.05) is 0 Å². The molecule has 0 aliphatic rings. The van der Waals surface area contributed by atoms with Crippen molar-refractivity contribution in [2.45, 2.75) is 163 Å². The van der Waals surface area contributed by atoms with E-state index in [1.165, 1.54) is 22.3 Å². The Morgan fingerprint density at radius 1 is 0.619 bits per heavy atom. The first-order chi connectivity index (χ1) is 20.0. The molecule has 0 fully saturated rings. The van der Waals surface area contributed by atoms with Crippen LogP contribution in [0.1, 0.15) is 207 Å². The van der Waals surface area contributed by atoms with Crippen LogP contribution < -0.4 is 0 Å². The van der Waals surface area contributed by atoms with Crippen molar-refractivity contribution < 1.29 is 9.90 Å². The molecule has 0 aliphatic heterocycles. The fourth-order valence-corrected chi connectivity index (χ4v) is 6.91. The molecule has 0 heterocycles. The van der Waals surface area contributed by atoms with E-state index in [0.717, 1.165) is 75.3 Å². The molecule has 2 aromatic rings. The third kappa shape index (κ3) is 9.32. The van der Waals surface area contributed by atoms with Gasteiger partial charge in [-0.25, -0.2) is 0 Å². The lowest BCUT2D eigenvalue weighted by molar-refractivity contribution is 0.0978. The number of hydrogen-bond acceptors (Lipinski definition) is 2. The summed E-state index contributed by atoms with van der Waals surface area (Å²) in [5, 5.41) is 11.6. The largest absolute Gasteiger partial charge is 0.504 e. The van der Waals surface area contributed by atoms with E-state index in [0.29, 0.717) is 29.2 Å². The van der Waals surface area contributed by atoms with Crippen molar-refractivity contribution in [1.82, 2.24) is 0 Å². The number of carbonyl (C=O) groups excluding carboxylic acids is 1. The predicted octanol–water partition coefficient (Wildman–Crippen LogP) is 13.0. The number of Topliss-reactive ketones (excluding diaryl/α,β-unsaturated/α-hetero) is 1. The van der Waals surface area contributed by atoms with E-state index in [2.05, 4.69) is 99.6 Å². The summed E-state index contributed by atoms with van der Waals surface area (Å²) in [6.45, 7) is 22.5. The van der Waals surface area contributed by atoms with Crippen LogP contribution in [0, 0.1) is 0 Å². The summed E-state index contributed by atoms with van der Waals surface area (Å²) in [5.41, 5.74) is 7.88. The summed E-state index contributed by atoms with van der Waals surface area (Å²) in [6.07, 6.45) is 12.7. The van der Waals surface area contributed by atoms with Crippen molar-refractivity contribution in [2.24, 2.45) is 0 Å². The van der Waals surface area contributed by atoms with Gasteiger partial charge in [0.05, 0.1) is 0 Å². The van der Waals surface area contributed by atoms with E-state index < -0.39 is 0 Å². The van der Waals surface area contributed by atoms with Crippen LogP contribution in [-0.4, -0.2) is 10.9 Å². The van der Waals surface area contributed by atoms with Gasteiger partial charge in [0.2, 0.25) is 5.78 Å². The molecule has 0 aliphatic carbocycles. The normalized spacial score (nSPS) is 15.7. The molecule has 5 atom stereocenters. The van der Waals surface area contributed by atoms with Gasteiger partial charge in [-0.3, -0.25) is 4.79 Å². The number of aliphatic hydroxyl groups is 1. The van der Waals surface area contributed by atoms with E-state index in [4.69, 9.17) is 0 Å². The molecule has 0 radical (unpaired) electrons. The second kappa shape index (κ2) is 17.7. The highest BCUT2D eigenvalue weighted by atomic mass is 16.3. The van der Waals surface area contributed by atoms with Crippen molar-refractivity contribution in [2.75, 3.05) is 0 Å². The molecule has 0 bridgehead atoms. The second-order valence-corrected chi connectivity index (χ2v) is 13.3. The van der Waals surface area contributed by atoms with Gasteiger partial charge in [0.25, 0.3) is 0 Å². The molecular formula is C40H62O2. The Hall–Kier alpha value is -2.35. The lowest BCUT2D eigenvalue weighted by Crippen LogP contribution is -2.15. The van der Waals surface area contributed by atoms with Gasteiger partial charge < -0.3 is 5.11 Å². The van der Waals surface area contributed by atoms with E-state index in [1.54, 1.807) is 6.08 Å². The molecule has 42 heavy (non-hydrogen) atoms. The third-order valence-electron chi connectivity index (χ3n) is 9.42. The summed E-state index contributed by atoms with van der Waals surface area (Å²) >= 11 is 0. The molecule has 0 spiro atoms. The first-order valence-electron chi connectivity index (χ1n) is 17.3. The van der Waals surface area contributed by atoms with Crippen LogP contribution in [0.5, 0.6) is 0 Å². The van der Waals surface area contributed by atoms with Gasteiger partial charge in [0, 0.05) is 5.56 Å². The van der Waals surface area contributed by atoms with Crippen LogP contribution in [0.3, 0.4) is 0 Å². The van der Waals surface area contributed by atoms with E-state index in [9.17, 15) is 9.90 Å². The molecule has 0 aromatic heterocycles. The Labute approximate surface area is 259 Å². The van der Waals surface area contributed by atoms with E-state index in [-0.39, 0.29) is 17.5 Å². The topological polar surface area (TPSA) is 37.3 Å². The molecule has 2 heteroatoms. The predicted molar refractivity (Wildman–Crippen MR) is 184 cm³/mol. The van der Waals surface area contributed by atoms with Crippen LogP contribution in [-0.2, 0) is 0 Å². The Morgan fingerprint density at radius 3 is 1.64 bits per heavy atom. The zero-order chi connectivity index (χ0) is 31.4. The smallest absolute Gasteiger partial charge is 0.227 e. The number of hydrogen-bond donors (Lipinski definition) is 1. The number of ketones is 1. The molecule has 234 valence electrons. The number of rotatable bonds is 18. The van der Waals surface area contributed by atoms with Crippen molar-refractivity contribution >= 4 is 11.9 Å². The Kier molecular flexibility index (Phi) is 15.1. The first-order valence-corrected chi connectivity index (χ1v) is 17.3. The summed E-state index contributed by atoms with van der Waals surface area (Å²) in [5.74, 6) is 1.42. The van der Waals surface area contributed by atoms with Crippen molar-refractivity contribution in [3.05, 3.63) is 75.0 Å². The lowest BCUT2D eigenvalue weighted by atomic mass is 9.78. The lowest BCUT2D eigenvalue weighted by Gasteiger charge is -2.26. The third-order valence-corrected chi connectivity index (χ3v) is 9.42. The van der Waals surface area contributed by atoms with Crippen LogP contribution in [0.2, 0.25) is 0 Å². The fraction of sp³-hybridized carbons (Fsp3) is 0.625. The molecule has 1 N–H and O–H groups in total. The highest BCUT2D eigenvalue weighted by Crippen LogP contribution is 2.39. The molecule has 2 rings (SSSR count). The first kappa shape index (κ1) is 35.8. The number of benzene rings is 2. The van der Waals surface area contributed by atoms with Gasteiger partial charge in [-0.05, 0) is 107 Å². The molecule has 2 nitrogen and oxygen atoms in total. The number of aliphatic hydroxyl groups excluding tert-OH is 1. The maximum Gasteiger partial charge on any atom is 0.227 e. The average Bonchev–Trinajstić information content (AvgIpc) is 2.96. The maximum atomic E-state index is 14.4. The van der Waals surface area contributed by atoms with E-state index >= 15 is 0 Å². The zero-order valence-corrected chi connectivity index (χ0v) is 28.8. The highest BCUT2D eigenvalue weighted by molar-refractivity contribution is 6.11. The standard InChI is InChI=1S/C40H62O2/c1-11-16-27(6)32-21-22-35(29(8)18-13-3)34(23-32)26-38(41)40(42)37-25-33(28(7)17-12-2)24-36(30(9)19-14-4)39(37)31(10)20-15-5/h21-31,41H,11-20H2,1-10H3. The summed E-state index contributed by atoms with van der Waals surface area (Å²) in [4.78, 5) is 14.4. The minimum Gasteiger partial charge on any atom is -0.504 e. The monoisotopic (exact) mass is 574 g/mol. The summed E-state index contributed by atoms with van der Waals surface area (Å²) < 4.78 is 0. The van der Waals surface area contributed by atoms with Crippen molar-refractivity contribution in [3.8, 4) is 0 Å². The van der Waals surface area contributed by atoms with Gasteiger partial charge in [-0.15, -0.1) is 0 Å². The molecule has 5 unspecified atom stereocenters. The highest BCUT2D eigenvalue weighted by Gasteiger charge is 2.26. The van der Waals surface area contributed by atoms with Crippen LogP contribution in [0.15, 0.2) is 36.1 Å². The quantitative estimate of drug-likeness (QED) is 0.109. The number of allylic oxidation sites excluding steroid dienone is 1. The zero-order valence-electron chi connectivity index (χ0n) is 28.8. The minimum atomic E-state index is -0.232. The van der Waals surface area contributed by atoms with Crippen molar-refractivity contribution in [1.29, 1.82) is 0 Å². The minimum absolute atomic E-state index is 0.139. The Morgan fingerprint density at radius 2 is 1.10 bits per heavy atom. The van der Waals surface area contributed by atoms with Gasteiger partial charge in [0.1, 0.15) is 0 Å². The summed E-state index contributed by atoms with van der Waals surface area (Å²) in [7, 11) is 0. The molecule has 0 saturated heterocycles. The van der Waals surface area contributed by atoms with Gasteiger partial charge in [0.15, 0.2) is 5.76 Å². The van der Waals surface area contributed by atoms with Crippen LogP contribution in [0.4, 0.5) is 0 Å². The molecule has 0 amide bonds. The van der Waals surface area contributed by atoms with Crippen LogP contribution in [0.25, 0.3) is 6.08 Å². The Balaban J connectivity index is 2.79. The molecule has 2 aromatic carbocycles. The van der Waals surface area contributed by atoms with Gasteiger partial charge in [-0.2, -0.15) is 0 Å². The van der Waals surface area contributed by atoms with Crippen LogP contribution >= 0.6 is 0 Å². The molecular weight excluding hydrogens is 512 g/mol. The fourth-order valence-electron chi connectivity index (χ4n) is 6.91. The van der Waals surface area contributed by atoms with Gasteiger partial charge >= 0.3 is 0 Å². The Bertz CT molecular complexity index is 1160. The average molecular weight is 575 g/mol.